The lowest BCUT2D eigenvalue weighted by Crippen LogP contribution is -2.57. The van der Waals surface area contributed by atoms with Gasteiger partial charge in [0.2, 0.25) is 59.1 Å². The van der Waals surface area contributed by atoms with Gasteiger partial charge in [-0.05, 0) is 210 Å². The van der Waals surface area contributed by atoms with Crippen molar-refractivity contribution in [1.82, 2.24) is 51.5 Å². The lowest BCUT2D eigenvalue weighted by Gasteiger charge is -2.33. The fraction of sp³-hybridized carbons (Fsp3) is 0.637. The van der Waals surface area contributed by atoms with E-state index in [1.54, 1.807) is 62.4 Å². The molecule has 10 amide bonds. The molecule has 27 heteroatoms. The largest absolute Gasteiger partial charge is 0.457 e. The summed E-state index contributed by atoms with van der Waals surface area (Å²) in [6.45, 7) is 44.9. The first kappa shape index (κ1) is 107. The number of allylic oxidation sites excluding steroid dienone is 4. The van der Waals surface area contributed by atoms with Crippen LogP contribution >= 0.6 is 23.2 Å². The highest BCUT2D eigenvalue weighted by Gasteiger charge is 2.39. The molecule has 0 spiro atoms. The molecule has 118 heavy (non-hydrogen) atoms. The molecule has 2 aromatic carbocycles. The van der Waals surface area contributed by atoms with Crippen molar-refractivity contribution in [2.45, 2.75) is 285 Å². The molecule has 25 nitrogen and oxygen atoms in total. The van der Waals surface area contributed by atoms with Crippen LogP contribution in [-0.4, -0.2) is 203 Å². The Morgan fingerprint density at radius 3 is 1.09 bits per heavy atom. The Labute approximate surface area is 715 Å². The number of Topliss-reactive ketones (excluding diaryl/α,β-unsaturated/α-hetero) is 2. The van der Waals surface area contributed by atoms with Crippen LogP contribution in [-0.2, 0) is 79.9 Å². The number of benzene rings is 2. The molecule has 7 N–H and O–H groups in total. The number of aliphatic hydroxyl groups excluding tert-OH is 1. The SMILES string of the molecule is C/C=C(\C)[C@@H](O)[C@@H](C)[C@@H](C)C/C=C(\C)C(=O)N[C@H](CC(C)C)C(=O)N[C@@H](C)C(=O)N(C)[C@H](Cc1ccc(Cl)cc1)C(=O)N(C)CC(=O)NC(C(C)=O)[C@@H](C)CC.C/C=C(\C)[C@@H](OC(=O)C(C)(C)C)[C@@H](C)[C@@H](C)C/C=C(\C)C(=O)N[C@H](CC(C)C)C(=O)N[C@@H](C)C(=O)N(C)[C@H](Cc1ccc(Cl)cc1)C(=O)N(C)CC(=O)NC(C(C)=O)[C@@H](C)CC. The number of amides is 10. The van der Waals surface area contributed by atoms with Gasteiger partial charge < -0.3 is 61.3 Å². The molecule has 16 atom stereocenters. The molecule has 0 aromatic heterocycles. The molecule has 662 valence electrons. The van der Waals surface area contributed by atoms with E-state index in [2.05, 4.69) is 31.9 Å². The van der Waals surface area contributed by atoms with Crippen LogP contribution < -0.4 is 31.9 Å². The van der Waals surface area contributed by atoms with Crippen molar-refractivity contribution >= 4 is 99.8 Å². The molecule has 0 aliphatic carbocycles. The van der Waals surface area contributed by atoms with Crippen LogP contribution in [0.5, 0.6) is 0 Å². The average Bonchev–Trinajstić information content (AvgIpc) is 0.833. The fourth-order valence-electron chi connectivity index (χ4n) is 13.0. The van der Waals surface area contributed by atoms with E-state index in [-0.39, 0.29) is 90.8 Å². The summed E-state index contributed by atoms with van der Waals surface area (Å²) in [5.41, 5.74) is 3.45. The molecule has 0 fully saturated rings. The third kappa shape index (κ3) is 36.2. The Hall–Kier alpha value is -8.55. The Morgan fingerprint density at radius 2 is 0.797 bits per heavy atom. The summed E-state index contributed by atoms with van der Waals surface area (Å²) in [6.07, 6.45) is 9.66. The molecule has 0 saturated heterocycles. The zero-order valence-corrected chi connectivity index (χ0v) is 77.6. The van der Waals surface area contributed by atoms with Crippen molar-refractivity contribution in [3.63, 3.8) is 0 Å². The molecule has 0 radical (unpaired) electrons. The van der Waals surface area contributed by atoms with Crippen molar-refractivity contribution in [2.24, 2.45) is 52.8 Å². The summed E-state index contributed by atoms with van der Waals surface area (Å²) in [5.74, 6) is -5.91. The maximum Gasteiger partial charge on any atom is 0.311 e. The van der Waals surface area contributed by atoms with E-state index in [1.807, 2.05) is 156 Å². The van der Waals surface area contributed by atoms with Gasteiger partial charge in [-0.25, -0.2) is 0 Å². The van der Waals surface area contributed by atoms with Crippen LogP contribution in [0.3, 0.4) is 0 Å². The zero-order chi connectivity index (χ0) is 90.8. The van der Waals surface area contributed by atoms with E-state index in [1.165, 1.54) is 75.5 Å². The van der Waals surface area contributed by atoms with Gasteiger partial charge in [0.15, 0.2) is 11.6 Å². The number of halogens is 2. The first-order valence-electron chi connectivity index (χ1n) is 41.5. The molecular weight excluding hydrogens is 1540 g/mol. The number of aliphatic hydroxyl groups is 1. The second-order valence-corrected chi connectivity index (χ2v) is 35.2. The van der Waals surface area contributed by atoms with Crippen LogP contribution in [0.1, 0.15) is 223 Å². The van der Waals surface area contributed by atoms with Gasteiger partial charge in [0.1, 0.15) is 42.4 Å². The van der Waals surface area contributed by atoms with Gasteiger partial charge in [0.25, 0.3) is 0 Å². The minimum absolute atomic E-state index is 0.0116. The van der Waals surface area contributed by atoms with Gasteiger partial charge in [0.05, 0.1) is 36.7 Å². The monoisotopic (exact) mass is 1690 g/mol. The molecule has 2 aromatic rings. The summed E-state index contributed by atoms with van der Waals surface area (Å²) in [7, 11) is 5.84. The van der Waals surface area contributed by atoms with Gasteiger partial charge in [-0.1, -0.05) is 168 Å². The third-order valence-corrected chi connectivity index (χ3v) is 22.7. The van der Waals surface area contributed by atoms with E-state index in [0.29, 0.717) is 70.8 Å². The first-order valence-corrected chi connectivity index (χ1v) is 42.3. The Balaban J connectivity index is 0.00000119. The summed E-state index contributed by atoms with van der Waals surface area (Å²) in [6, 6.07) is 6.06. The van der Waals surface area contributed by atoms with Crippen LogP contribution in [0.15, 0.2) is 95.1 Å². The lowest BCUT2D eigenvalue weighted by atomic mass is 9.84. The van der Waals surface area contributed by atoms with Crippen molar-refractivity contribution in [2.75, 3.05) is 41.3 Å². The van der Waals surface area contributed by atoms with E-state index in [4.69, 9.17) is 27.9 Å². The first-order chi connectivity index (χ1) is 54.7. The van der Waals surface area contributed by atoms with Gasteiger partial charge in [0, 0.05) is 62.2 Å². The molecule has 2 unspecified atom stereocenters. The number of ether oxygens (including phenoxy) is 1. The number of carbonyl (C=O) groups excluding carboxylic acids is 13. The molecule has 0 bridgehead atoms. The molecular formula is C91H144Cl2N10O15. The number of rotatable bonds is 45. The number of likely N-dealkylation sites (N-methyl/N-ethyl adjacent to an activating group) is 4. The van der Waals surface area contributed by atoms with E-state index in [0.717, 1.165) is 11.1 Å². The minimum Gasteiger partial charge on any atom is -0.457 e. The third-order valence-electron chi connectivity index (χ3n) is 22.2. The second kappa shape index (κ2) is 51.8. The van der Waals surface area contributed by atoms with Gasteiger partial charge in [-0.15, -0.1) is 0 Å². The highest BCUT2D eigenvalue weighted by atomic mass is 35.5. The van der Waals surface area contributed by atoms with Crippen molar-refractivity contribution in [3.8, 4) is 0 Å². The van der Waals surface area contributed by atoms with E-state index < -0.39 is 125 Å². The predicted octanol–water partition coefficient (Wildman–Crippen LogP) is 12.1. The predicted molar refractivity (Wildman–Crippen MR) is 468 cm³/mol. The number of carbonyl (C=O) groups is 13. The number of nitrogens with one attached hydrogen (secondary N) is 6. The van der Waals surface area contributed by atoms with Crippen molar-refractivity contribution in [1.29, 1.82) is 0 Å². The Kier molecular flexibility index (Phi) is 47.2. The summed E-state index contributed by atoms with van der Waals surface area (Å²) in [5, 5.41) is 28.3. The molecule has 0 heterocycles. The summed E-state index contributed by atoms with van der Waals surface area (Å²) in [4.78, 5) is 179. The normalized spacial score (nSPS) is 16.2. The van der Waals surface area contributed by atoms with Gasteiger partial charge in [-0.2, -0.15) is 0 Å². The highest BCUT2D eigenvalue weighted by Crippen LogP contribution is 2.30. The maximum atomic E-state index is 14.0. The maximum absolute atomic E-state index is 14.0. The zero-order valence-electron chi connectivity index (χ0n) is 76.1. The molecule has 0 aliphatic heterocycles. The Morgan fingerprint density at radius 1 is 0.466 bits per heavy atom. The average molecular weight is 1690 g/mol. The number of hydrogen-bond acceptors (Lipinski definition) is 15. The van der Waals surface area contributed by atoms with Crippen LogP contribution in [0, 0.1) is 52.8 Å². The topological polar surface area (TPSA) is 337 Å². The summed E-state index contributed by atoms with van der Waals surface area (Å²) < 4.78 is 5.96. The van der Waals surface area contributed by atoms with Crippen LogP contribution in [0.4, 0.5) is 0 Å². The van der Waals surface area contributed by atoms with Crippen LogP contribution in [0.2, 0.25) is 10.0 Å². The Bertz CT molecular complexity index is 3810. The number of ketones is 2. The van der Waals surface area contributed by atoms with Crippen molar-refractivity contribution in [3.05, 3.63) is 116 Å². The molecule has 0 aliphatic rings. The quantitative estimate of drug-likeness (QED) is 0.0184. The fourth-order valence-corrected chi connectivity index (χ4v) is 13.2. The molecule has 2 rings (SSSR count). The van der Waals surface area contributed by atoms with E-state index >= 15 is 0 Å². The molecule has 0 saturated carbocycles. The smallest absolute Gasteiger partial charge is 0.311 e. The minimum atomic E-state index is -1.10. The number of esters is 1. The summed E-state index contributed by atoms with van der Waals surface area (Å²) >= 11 is 12.2. The van der Waals surface area contributed by atoms with E-state index in [9.17, 15) is 67.4 Å². The number of hydrogen-bond donors (Lipinski definition) is 7. The standard InChI is InChI=1S/C48H76ClN5O8.C43H68ClN5O7/c1-17-29(5)41(35(11)55)52-40(56)27-53(15)46(60)39(26-36-21-23-37(49)24-22-36)54(16)45(59)34(10)50-44(58)38(25-28(3)4)51-43(57)32(8)20-19-31(7)33(9)42(30(6)18-2)62-47(61)48(12,13)14;1-14-26(5)38(32(11)50)47-37(51)24-48(12)43(56)36(23-33-18-20-34(44)21-19-33)49(13)42(55)31(10)45-41(54)35(22-25(3)4)46-40(53)29(8)17-16-28(7)30(9)39(52)27(6)15-2/h18,20-24,28-29,31,33-34,38-39,41-42H,17,19,25-27H2,1-16H3,(H,50,58)(H,51,57)(H,52,56);15,17-21,25-26,28,30-31,35-36,38-39,52H,14,16,22-24H2,1-13H3,(H,45,54)(H,46,53)(H,47,51)/b30-18+,32-20+;27-15+,29-17+/t29-,31-,33-,34-,38+,39+,41?,42+;26-,28-,30-,31-,35+,36+,38?,39+/m00/s1. The van der Waals surface area contributed by atoms with Crippen molar-refractivity contribution < 1.29 is 72.2 Å². The van der Waals surface area contributed by atoms with Gasteiger partial charge in [-0.3, -0.25) is 62.3 Å². The number of nitrogens with zero attached hydrogens (tertiary/aromatic N) is 4. The highest BCUT2D eigenvalue weighted by molar-refractivity contribution is 6.30. The van der Waals surface area contributed by atoms with Crippen LogP contribution in [0.25, 0.3) is 0 Å². The second-order valence-electron chi connectivity index (χ2n) is 34.3. The van der Waals surface area contributed by atoms with Gasteiger partial charge >= 0.3 is 5.97 Å². The lowest BCUT2D eigenvalue weighted by molar-refractivity contribution is -0.159.